The SMILES string of the molecule is [2H]c1c([2H])c([2H])c2c(oc3c([2H])c4c5c([2H])c([2H])c([2H])c([2H])c5n(-c5nc(-c6ccccc6)nc(-c6ccc7c(c6)oc6cccc(-c8ccccc8)c67)n5)c4c([2H])c32)c1[2H]. The quantitative estimate of drug-likeness (QED) is 0.187. The van der Waals surface area contributed by atoms with Gasteiger partial charge in [-0.2, -0.15) is 9.97 Å². The lowest BCUT2D eigenvalue weighted by atomic mass is 9.99. The summed E-state index contributed by atoms with van der Waals surface area (Å²) in [7, 11) is 0. The predicted octanol–water partition coefficient (Wildman–Crippen LogP) is 11.8. The molecule has 0 fully saturated rings. The summed E-state index contributed by atoms with van der Waals surface area (Å²) < 4.78 is 103. The Morgan fingerprint density at radius 2 is 1.20 bits per heavy atom. The van der Waals surface area contributed by atoms with Crippen molar-refractivity contribution >= 4 is 65.7 Å². The minimum atomic E-state index is -0.567. The van der Waals surface area contributed by atoms with Gasteiger partial charge < -0.3 is 8.83 Å². The van der Waals surface area contributed by atoms with Gasteiger partial charge in [-0.15, -0.1) is 0 Å². The third-order valence-corrected chi connectivity index (χ3v) is 9.11. The Labute approximate surface area is 304 Å². The van der Waals surface area contributed by atoms with Gasteiger partial charge in [0.2, 0.25) is 5.95 Å². The molecule has 7 aromatic carbocycles. The van der Waals surface area contributed by atoms with Crippen LogP contribution in [0, 0.1) is 0 Å². The van der Waals surface area contributed by atoms with Crippen LogP contribution < -0.4 is 0 Å². The summed E-state index contributed by atoms with van der Waals surface area (Å²) in [5.74, 6) is 0.243. The number of para-hydroxylation sites is 2. The first-order chi connectivity index (χ1) is 29.4. The minimum absolute atomic E-state index is 0.0741. The van der Waals surface area contributed by atoms with Crippen LogP contribution in [0.1, 0.15) is 13.7 Å². The van der Waals surface area contributed by atoms with E-state index in [1.807, 2.05) is 84.9 Å². The fourth-order valence-electron chi connectivity index (χ4n) is 6.83. The monoisotopic (exact) mass is 664 g/mol. The molecular formula is C45H26N4O2. The fraction of sp³-hybridized carbons (Fsp3) is 0. The van der Waals surface area contributed by atoms with E-state index in [1.165, 1.54) is 4.57 Å². The second-order valence-electron chi connectivity index (χ2n) is 12.0. The maximum atomic E-state index is 9.73. The third-order valence-electron chi connectivity index (χ3n) is 9.11. The molecule has 0 saturated carbocycles. The fourth-order valence-corrected chi connectivity index (χ4v) is 6.83. The lowest BCUT2D eigenvalue weighted by Gasteiger charge is -2.11. The number of nitrogens with zero attached hydrogens (tertiary/aromatic N) is 4. The van der Waals surface area contributed by atoms with E-state index < -0.39 is 48.3 Å². The molecule has 0 spiro atoms. The molecule has 11 aromatic rings. The Morgan fingerprint density at radius 1 is 0.471 bits per heavy atom. The summed E-state index contributed by atoms with van der Waals surface area (Å²) in [6.07, 6.45) is 0. The highest BCUT2D eigenvalue weighted by molar-refractivity contribution is 6.17. The van der Waals surface area contributed by atoms with Crippen LogP contribution in [-0.2, 0) is 0 Å². The van der Waals surface area contributed by atoms with Crippen molar-refractivity contribution < 1.29 is 22.5 Å². The maximum absolute atomic E-state index is 9.73. The number of hydrogen-bond acceptors (Lipinski definition) is 5. The molecule has 4 aromatic heterocycles. The molecule has 11 rings (SSSR count). The van der Waals surface area contributed by atoms with E-state index >= 15 is 0 Å². The second-order valence-corrected chi connectivity index (χ2v) is 12.0. The molecule has 0 atom stereocenters. The Balaban J connectivity index is 1.26. The predicted molar refractivity (Wildman–Crippen MR) is 205 cm³/mol. The van der Waals surface area contributed by atoms with Crippen LogP contribution in [0.25, 0.3) is 106 Å². The van der Waals surface area contributed by atoms with Crippen molar-refractivity contribution in [2.45, 2.75) is 0 Å². The van der Waals surface area contributed by atoms with E-state index in [4.69, 9.17) is 33.4 Å². The molecule has 51 heavy (non-hydrogen) atoms. The number of furan rings is 2. The summed E-state index contributed by atoms with van der Waals surface area (Å²) in [4.78, 5) is 14.7. The van der Waals surface area contributed by atoms with E-state index in [2.05, 4.69) is 0 Å². The Kier molecular flexibility index (Phi) is 4.17. The van der Waals surface area contributed by atoms with E-state index in [0.29, 0.717) is 22.3 Å². The molecule has 0 amide bonds. The third kappa shape index (κ3) is 4.26. The van der Waals surface area contributed by atoms with Gasteiger partial charge in [0.15, 0.2) is 11.6 Å². The van der Waals surface area contributed by atoms with Crippen LogP contribution in [0.5, 0.6) is 0 Å². The van der Waals surface area contributed by atoms with Crippen molar-refractivity contribution in [2.75, 3.05) is 0 Å². The number of benzene rings is 7. The molecule has 0 bridgehead atoms. The molecular weight excluding hydrogens is 629 g/mol. The highest BCUT2D eigenvalue weighted by atomic mass is 16.3. The van der Waals surface area contributed by atoms with E-state index in [1.54, 1.807) is 12.1 Å². The van der Waals surface area contributed by atoms with E-state index in [0.717, 1.165) is 21.9 Å². The molecule has 0 aliphatic carbocycles. The Bertz CT molecular complexity index is 3720. The molecule has 0 unspecified atom stereocenters. The summed E-state index contributed by atoms with van der Waals surface area (Å²) in [5.41, 5.74) is 3.73. The lowest BCUT2D eigenvalue weighted by molar-refractivity contribution is 0.669. The van der Waals surface area contributed by atoms with Gasteiger partial charge in [-0.1, -0.05) is 115 Å². The van der Waals surface area contributed by atoms with Crippen LogP contribution in [0.2, 0.25) is 0 Å². The zero-order valence-corrected chi connectivity index (χ0v) is 26.3. The van der Waals surface area contributed by atoms with Crippen LogP contribution in [-0.4, -0.2) is 19.5 Å². The summed E-state index contributed by atoms with van der Waals surface area (Å²) >= 11 is 0. The van der Waals surface area contributed by atoms with E-state index in [-0.39, 0.29) is 73.4 Å². The van der Waals surface area contributed by atoms with Crippen LogP contribution in [0.4, 0.5) is 0 Å². The molecule has 6 heteroatoms. The number of hydrogen-bond donors (Lipinski definition) is 0. The molecule has 4 heterocycles. The Hall–Kier alpha value is -7.05. The average molecular weight is 665 g/mol. The second kappa shape index (κ2) is 10.7. The molecule has 0 aliphatic heterocycles. The molecule has 6 nitrogen and oxygen atoms in total. The molecule has 0 radical (unpaired) electrons. The average Bonchev–Trinajstić information content (AvgIpc) is 3.99. The van der Waals surface area contributed by atoms with Crippen LogP contribution in [0.15, 0.2) is 166 Å². The summed E-state index contributed by atoms with van der Waals surface area (Å²) in [6, 6.07) is 25.7. The van der Waals surface area contributed by atoms with Crippen molar-refractivity contribution in [3.63, 3.8) is 0 Å². The zero-order chi connectivity index (χ0) is 42.2. The van der Waals surface area contributed by atoms with Gasteiger partial charge in [0.25, 0.3) is 0 Å². The van der Waals surface area contributed by atoms with Crippen molar-refractivity contribution in [2.24, 2.45) is 0 Å². The van der Waals surface area contributed by atoms with Crippen molar-refractivity contribution in [3.8, 4) is 39.9 Å². The van der Waals surface area contributed by atoms with Crippen LogP contribution >= 0.6 is 0 Å². The van der Waals surface area contributed by atoms with Gasteiger partial charge in [-0.25, -0.2) is 4.98 Å². The smallest absolute Gasteiger partial charge is 0.238 e. The topological polar surface area (TPSA) is 69.9 Å². The highest BCUT2D eigenvalue weighted by Gasteiger charge is 2.21. The number of fused-ring (bicyclic) bond motifs is 9. The standard InChI is InChI=1S/C45H26N4O2/c1-3-12-27(13-4-1)30-18-11-21-39-42(30)33-23-22-29(24-40(33)51-39)44-46-43(28-14-5-2-6-15-28)47-45(48-44)49-36-19-9-7-16-31(36)34-26-41-35(25-37(34)49)32-17-8-10-20-38(32)50-41/h1-26H/i7D,8D,9D,10D,16D,17D,19D,20D,25D,26D. The van der Waals surface area contributed by atoms with Gasteiger partial charge >= 0.3 is 0 Å². The highest BCUT2D eigenvalue weighted by Crippen LogP contribution is 2.40. The summed E-state index contributed by atoms with van der Waals surface area (Å²) in [6.45, 7) is 0. The lowest BCUT2D eigenvalue weighted by Crippen LogP contribution is -2.06. The number of aromatic nitrogens is 4. The van der Waals surface area contributed by atoms with Crippen LogP contribution in [0.3, 0.4) is 0 Å². The van der Waals surface area contributed by atoms with Gasteiger partial charge in [-0.05, 0) is 53.5 Å². The van der Waals surface area contributed by atoms with Crippen molar-refractivity contribution in [1.29, 1.82) is 0 Å². The first-order valence-electron chi connectivity index (χ1n) is 21.1. The molecule has 0 N–H and O–H groups in total. The molecule has 0 saturated heterocycles. The number of rotatable bonds is 4. The largest absolute Gasteiger partial charge is 0.456 e. The zero-order valence-electron chi connectivity index (χ0n) is 36.3. The van der Waals surface area contributed by atoms with Crippen molar-refractivity contribution in [3.05, 3.63) is 157 Å². The van der Waals surface area contributed by atoms with Gasteiger partial charge in [0, 0.05) is 43.4 Å². The van der Waals surface area contributed by atoms with Crippen molar-refractivity contribution in [1.82, 2.24) is 19.5 Å². The normalized spacial score (nSPS) is 14.7. The summed E-state index contributed by atoms with van der Waals surface area (Å²) in [5, 5.41) is 1.42. The Morgan fingerprint density at radius 3 is 2.04 bits per heavy atom. The minimum Gasteiger partial charge on any atom is -0.456 e. The molecule has 0 aliphatic rings. The molecule has 238 valence electrons. The van der Waals surface area contributed by atoms with E-state index in [9.17, 15) is 4.11 Å². The van der Waals surface area contributed by atoms with Gasteiger partial charge in [-0.3, -0.25) is 4.57 Å². The maximum Gasteiger partial charge on any atom is 0.238 e. The van der Waals surface area contributed by atoms with Gasteiger partial charge in [0.1, 0.15) is 22.3 Å². The van der Waals surface area contributed by atoms with Gasteiger partial charge in [0.05, 0.1) is 24.7 Å². The first-order valence-corrected chi connectivity index (χ1v) is 16.1. The first kappa shape index (κ1) is 19.8.